The van der Waals surface area contributed by atoms with Crippen LogP contribution in [0, 0.1) is 13.8 Å². The van der Waals surface area contributed by atoms with E-state index in [1.807, 2.05) is 43.3 Å². The quantitative estimate of drug-likeness (QED) is 0.167. The minimum absolute atomic E-state index is 0.00103. The first-order valence-corrected chi connectivity index (χ1v) is 18.0. The normalized spacial score (nSPS) is 14.0. The van der Waals surface area contributed by atoms with Crippen molar-refractivity contribution in [1.82, 2.24) is 10.2 Å². The van der Waals surface area contributed by atoms with E-state index in [2.05, 4.69) is 5.32 Å². The van der Waals surface area contributed by atoms with Crippen molar-refractivity contribution in [3.63, 3.8) is 0 Å². The smallest absolute Gasteiger partial charge is 0.264 e. The summed E-state index contributed by atoms with van der Waals surface area (Å²) >= 11 is 13.0. The van der Waals surface area contributed by atoms with E-state index in [0.717, 1.165) is 41.1 Å². The average molecular weight is 693 g/mol. The summed E-state index contributed by atoms with van der Waals surface area (Å²) in [6, 6.07) is 27.1. The Bertz CT molecular complexity index is 1810. The standard InChI is InChI=1S/C37H39Cl2N3O4S/c1-26-16-20-32(21-17-26)47(45,46)42(34-23-30(38)19-18-27(34)2)25-36(43)41(24-29-12-6-9-15-33(29)39)35(22-28-10-4-3-5-11-28)37(44)40-31-13-7-8-14-31/h3-6,9-12,15-21,23,31,35H,7-8,13-14,22,24-25H2,1-2H3,(H,40,44). The van der Waals surface area contributed by atoms with Crippen molar-refractivity contribution in [2.24, 2.45) is 0 Å². The van der Waals surface area contributed by atoms with Crippen LogP contribution in [0.3, 0.4) is 0 Å². The van der Waals surface area contributed by atoms with E-state index in [1.165, 1.54) is 17.0 Å². The molecule has 5 rings (SSSR count). The zero-order valence-electron chi connectivity index (χ0n) is 26.5. The van der Waals surface area contributed by atoms with E-state index < -0.39 is 28.5 Å². The summed E-state index contributed by atoms with van der Waals surface area (Å²) in [5.41, 5.74) is 3.30. The average Bonchev–Trinajstić information content (AvgIpc) is 3.57. The highest BCUT2D eigenvalue weighted by Gasteiger charge is 2.36. The van der Waals surface area contributed by atoms with Crippen molar-refractivity contribution < 1.29 is 18.0 Å². The van der Waals surface area contributed by atoms with Gasteiger partial charge in [0.1, 0.15) is 12.6 Å². The summed E-state index contributed by atoms with van der Waals surface area (Å²) in [5, 5.41) is 3.95. The maximum absolute atomic E-state index is 14.7. The van der Waals surface area contributed by atoms with Crippen LogP contribution < -0.4 is 9.62 Å². The van der Waals surface area contributed by atoms with E-state index in [4.69, 9.17) is 23.2 Å². The van der Waals surface area contributed by atoms with Crippen molar-refractivity contribution in [2.45, 2.75) is 69.5 Å². The molecule has 1 fully saturated rings. The first-order chi connectivity index (χ1) is 22.5. The van der Waals surface area contributed by atoms with Gasteiger partial charge in [-0.15, -0.1) is 0 Å². The van der Waals surface area contributed by atoms with Gasteiger partial charge in [0.2, 0.25) is 11.8 Å². The fraction of sp³-hybridized carbons (Fsp3) is 0.297. The minimum atomic E-state index is -4.24. The predicted octanol–water partition coefficient (Wildman–Crippen LogP) is 7.50. The number of amides is 2. The minimum Gasteiger partial charge on any atom is -0.352 e. The van der Waals surface area contributed by atoms with Gasteiger partial charge in [-0.1, -0.05) is 108 Å². The maximum Gasteiger partial charge on any atom is 0.264 e. The van der Waals surface area contributed by atoms with Crippen LogP contribution in [0.4, 0.5) is 5.69 Å². The van der Waals surface area contributed by atoms with Crippen LogP contribution >= 0.6 is 23.2 Å². The number of sulfonamides is 1. The number of hydrogen-bond donors (Lipinski definition) is 1. The molecule has 4 aromatic rings. The molecule has 0 radical (unpaired) electrons. The van der Waals surface area contributed by atoms with Crippen LogP contribution in [0.5, 0.6) is 0 Å². The summed E-state index contributed by atoms with van der Waals surface area (Å²) in [6.45, 7) is 3.07. The van der Waals surface area contributed by atoms with Crippen LogP contribution in [-0.4, -0.2) is 43.8 Å². The number of benzene rings is 4. The molecule has 246 valence electrons. The monoisotopic (exact) mass is 691 g/mol. The topological polar surface area (TPSA) is 86.8 Å². The second kappa shape index (κ2) is 15.4. The summed E-state index contributed by atoms with van der Waals surface area (Å²) in [4.78, 5) is 30.4. The van der Waals surface area contributed by atoms with E-state index in [0.29, 0.717) is 21.2 Å². The molecule has 1 aliphatic carbocycles. The predicted molar refractivity (Wildman–Crippen MR) is 188 cm³/mol. The molecule has 0 saturated heterocycles. The van der Waals surface area contributed by atoms with Crippen molar-refractivity contribution >= 4 is 50.7 Å². The Morgan fingerprint density at radius 3 is 2.21 bits per heavy atom. The van der Waals surface area contributed by atoms with Gasteiger partial charge in [-0.2, -0.15) is 0 Å². The number of nitrogens with one attached hydrogen (secondary N) is 1. The summed E-state index contributed by atoms with van der Waals surface area (Å²) in [7, 11) is -4.24. The van der Waals surface area contributed by atoms with Gasteiger partial charge in [0.05, 0.1) is 10.6 Å². The van der Waals surface area contributed by atoms with E-state index in [1.54, 1.807) is 55.5 Å². The van der Waals surface area contributed by atoms with Crippen molar-refractivity contribution in [3.05, 3.63) is 129 Å². The maximum atomic E-state index is 14.7. The highest BCUT2D eigenvalue weighted by Crippen LogP contribution is 2.31. The Balaban J connectivity index is 1.60. The molecule has 0 heterocycles. The Morgan fingerprint density at radius 2 is 1.53 bits per heavy atom. The number of hydrogen-bond acceptors (Lipinski definition) is 4. The van der Waals surface area contributed by atoms with Crippen molar-refractivity contribution in [2.75, 3.05) is 10.8 Å². The molecular formula is C37H39Cl2N3O4S. The molecule has 1 saturated carbocycles. The van der Waals surface area contributed by atoms with E-state index in [-0.39, 0.29) is 35.5 Å². The Morgan fingerprint density at radius 1 is 0.872 bits per heavy atom. The molecule has 1 atom stereocenters. The molecule has 1 unspecified atom stereocenters. The van der Waals surface area contributed by atoms with Gasteiger partial charge in [0, 0.05) is 29.1 Å². The fourth-order valence-electron chi connectivity index (χ4n) is 5.93. The number of aryl methyl sites for hydroxylation is 2. The third kappa shape index (κ3) is 8.55. The Hall–Kier alpha value is -3.85. The molecule has 1 N–H and O–H groups in total. The van der Waals surface area contributed by atoms with Crippen molar-refractivity contribution in [1.29, 1.82) is 0 Å². The largest absolute Gasteiger partial charge is 0.352 e. The lowest BCUT2D eigenvalue weighted by Gasteiger charge is -2.35. The number of nitrogens with zero attached hydrogens (tertiary/aromatic N) is 2. The molecular weight excluding hydrogens is 653 g/mol. The first kappa shape index (κ1) is 34.5. The Labute approximate surface area is 287 Å². The lowest BCUT2D eigenvalue weighted by atomic mass is 10.0. The number of anilines is 1. The number of carbonyl (C=O) groups excluding carboxylic acids is 2. The second-order valence-corrected chi connectivity index (χ2v) is 14.8. The second-order valence-electron chi connectivity index (χ2n) is 12.1. The SMILES string of the molecule is Cc1ccc(S(=O)(=O)N(CC(=O)N(Cc2ccccc2Cl)C(Cc2ccccc2)C(=O)NC2CCCC2)c2cc(Cl)ccc2C)cc1. The van der Waals surface area contributed by atoms with Crippen LogP contribution in [0.25, 0.3) is 0 Å². The molecule has 0 bridgehead atoms. The van der Waals surface area contributed by atoms with Crippen molar-refractivity contribution in [3.8, 4) is 0 Å². The summed E-state index contributed by atoms with van der Waals surface area (Å²) in [6.07, 6.45) is 4.04. The number of carbonyl (C=O) groups is 2. The fourth-order valence-corrected chi connectivity index (χ4v) is 7.77. The molecule has 10 heteroatoms. The zero-order valence-corrected chi connectivity index (χ0v) is 28.9. The molecule has 0 aromatic heterocycles. The zero-order chi connectivity index (χ0) is 33.6. The molecule has 47 heavy (non-hydrogen) atoms. The van der Waals surface area contributed by atoms with E-state index >= 15 is 0 Å². The number of halogens is 2. The molecule has 4 aromatic carbocycles. The lowest BCUT2D eigenvalue weighted by Crippen LogP contribution is -2.54. The van der Waals surface area contributed by atoms with Gasteiger partial charge in [0.15, 0.2) is 0 Å². The van der Waals surface area contributed by atoms with Gasteiger partial charge in [-0.25, -0.2) is 8.42 Å². The molecule has 0 aliphatic heterocycles. The lowest BCUT2D eigenvalue weighted by molar-refractivity contribution is -0.140. The summed E-state index contributed by atoms with van der Waals surface area (Å²) in [5.74, 6) is -0.837. The molecule has 2 amide bonds. The Kier molecular flexibility index (Phi) is 11.3. The van der Waals surface area contributed by atoms with Crippen LogP contribution in [-0.2, 0) is 32.6 Å². The van der Waals surface area contributed by atoms with Gasteiger partial charge in [-0.3, -0.25) is 13.9 Å². The molecule has 7 nitrogen and oxygen atoms in total. The van der Waals surface area contributed by atoms with Gasteiger partial charge >= 0.3 is 0 Å². The third-order valence-electron chi connectivity index (χ3n) is 8.60. The highest BCUT2D eigenvalue weighted by molar-refractivity contribution is 7.92. The van der Waals surface area contributed by atoms with Crippen LogP contribution in [0.15, 0.2) is 102 Å². The molecule has 0 spiro atoms. The van der Waals surface area contributed by atoms with Crippen LogP contribution in [0.1, 0.15) is 47.9 Å². The van der Waals surface area contributed by atoms with Crippen LogP contribution in [0.2, 0.25) is 10.0 Å². The molecule has 1 aliphatic rings. The van der Waals surface area contributed by atoms with Gasteiger partial charge in [0.25, 0.3) is 10.0 Å². The van der Waals surface area contributed by atoms with Gasteiger partial charge in [-0.05, 0) is 73.7 Å². The third-order valence-corrected chi connectivity index (χ3v) is 11.0. The summed E-state index contributed by atoms with van der Waals surface area (Å²) < 4.78 is 29.7. The van der Waals surface area contributed by atoms with Gasteiger partial charge < -0.3 is 10.2 Å². The highest BCUT2D eigenvalue weighted by atomic mass is 35.5. The van der Waals surface area contributed by atoms with E-state index in [9.17, 15) is 18.0 Å². The number of rotatable bonds is 12. The first-order valence-electron chi connectivity index (χ1n) is 15.8.